The van der Waals surface area contributed by atoms with Crippen LogP contribution in [0.4, 0.5) is 9.59 Å². The first-order chi connectivity index (χ1) is 31.4. The fourth-order valence-corrected chi connectivity index (χ4v) is 6.56. The van der Waals surface area contributed by atoms with Crippen LogP contribution in [-0.4, -0.2) is 115 Å². The molecule has 3 N–H and O–H groups in total. The standard InChI is InChI=1S/C30H39NO9.C20H23NO5.ClH/c1-20-25(38-22-16-12-9-13-17-22)24(37-21-14-10-8-11-15-21)19-35-18-23(26(32)36-20)31(27(33)39-29(2,3)4)28(34)40-30(5,6)7;1-14-19(26-16-10-6-3-7-11-16)18(25-15-8-4-2-5-9-15)13-23-12-17(21)20(22)24-14;/h8-17,20,23-25H,18-19H2,1-7H3;2-11,14,17-19H,12-13,21H2,1H3;1H/t20-,23-,24-,25-;14-,17-,18-,19-;/m00./s1. The van der Waals surface area contributed by atoms with Crippen LogP contribution in [0.2, 0.25) is 0 Å². The second-order valence-electron chi connectivity index (χ2n) is 17.6. The second-order valence-corrected chi connectivity index (χ2v) is 17.6. The summed E-state index contributed by atoms with van der Waals surface area (Å²) in [6.07, 6.45) is -6.03. The molecule has 2 saturated heterocycles. The molecule has 2 amide bonds. The summed E-state index contributed by atoms with van der Waals surface area (Å²) in [6, 6.07) is 34.9. The highest BCUT2D eigenvalue weighted by molar-refractivity contribution is 5.94. The van der Waals surface area contributed by atoms with Crippen LogP contribution in [0.25, 0.3) is 0 Å². The van der Waals surface area contributed by atoms with Crippen molar-refractivity contribution in [1.29, 1.82) is 0 Å². The van der Waals surface area contributed by atoms with Crippen molar-refractivity contribution in [3.05, 3.63) is 121 Å². The lowest BCUT2D eigenvalue weighted by molar-refractivity contribution is -0.415. The molecule has 0 radical (unpaired) electrons. The third kappa shape index (κ3) is 17.3. The number of carbonyl (C=O) groups excluding carboxylic acids is 4. The lowest BCUT2D eigenvalue weighted by Gasteiger charge is -2.32. The van der Waals surface area contributed by atoms with Crippen LogP contribution in [0.1, 0.15) is 55.4 Å². The number of ether oxygens (including phenoxy) is 10. The van der Waals surface area contributed by atoms with Gasteiger partial charge < -0.3 is 65.5 Å². The maximum Gasteiger partial charge on any atom is 0.420 e. The minimum Gasteiger partial charge on any atom is -1.00 e. The Morgan fingerprint density at radius 2 is 0.851 bits per heavy atom. The number of nitrogens with zero attached hydrogens (tertiary/aromatic N) is 1. The van der Waals surface area contributed by atoms with E-state index in [1.165, 1.54) is 0 Å². The largest absolute Gasteiger partial charge is 1.00 e. The molecule has 0 aliphatic carbocycles. The summed E-state index contributed by atoms with van der Waals surface area (Å²) in [6.45, 7) is 13.4. The topological polar surface area (TPSA) is 191 Å². The Balaban J connectivity index is 0.000000313. The molecule has 8 atom stereocenters. The van der Waals surface area contributed by atoms with Gasteiger partial charge in [-0.2, -0.15) is 4.90 Å². The van der Waals surface area contributed by atoms with Gasteiger partial charge in [-0.25, -0.2) is 19.2 Å². The summed E-state index contributed by atoms with van der Waals surface area (Å²) >= 11 is 0. The Bertz CT molecular complexity index is 2090. The Morgan fingerprint density at radius 3 is 1.21 bits per heavy atom. The molecule has 17 heteroatoms. The molecule has 16 nitrogen and oxygen atoms in total. The highest BCUT2D eigenvalue weighted by Crippen LogP contribution is 2.26. The molecule has 4 aromatic carbocycles. The van der Waals surface area contributed by atoms with Gasteiger partial charge in [0.2, 0.25) is 6.04 Å². The van der Waals surface area contributed by atoms with Gasteiger partial charge in [0.1, 0.15) is 53.0 Å². The van der Waals surface area contributed by atoms with E-state index >= 15 is 0 Å². The number of carbonyl (C=O) groups is 4. The second kappa shape index (κ2) is 25.2. The Morgan fingerprint density at radius 1 is 0.522 bits per heavy atom. The fourth-order valence-electron chi connectivity index (χ4n) is 6.56. The van der Waals surface area contributed by atoms with Crippen molar-refractivity contribution in [3.63, 3.8) is 0 Å². The van der Waals surface area contributed by atoms with Gasteiger partial charge >= 0.3 is 24.1 Å². The third-order valence-corrected chi connectivity index (χ3v) is 9.61. The van der Waals surface area contributed by atoms with E-state index in [1.54, 1.807) is 79.7 Å². The molecule has 364 valence electrons. The van der Waals surface area contributed by atoms with E-state index in [9.17, 15) is 19.2 Å². The van der Waals surface area contributed by atoms with E-state index < -0.39 is 84.0 Å². The third-order valence-electron chi connectivity index (χ3n) is 9.61. The van der Waals surface area contributed by atoms with E-state index in [1.807, 2.05) is 97.1 Å². The molecule has 0 saturated carbocycles. The number of rotatable bonds is 9. The number of imide groups is 1. The Labute approximate surface area is 398 Å². The number of benzene rings is 4. The molecule has 2 aliphatic rings. The summed E-state index contributed by atoms with van der Waals surface area (Å²) in [5.41, 5.74) is 1.90. The van der Waals surface area contributed by atoms with Crippen molar-refractivity contribution in [2.75, 3.05) is 26.4 Å². The number of quaternary nitrogens is 1. The van der Waals surface area contributed by atoms with Crippen LogP contribution in [-0.2, 0) is 38.0 Å². The van der Waals surface area contributed by atoms with Crippen molar-refractivity contribution in [3.8, 4) is 23.0 Å². The summed E-state index contributed by atoms with van der Waals surface area (Å²) in [5, 5.41) is 0. The maximum atomic E-state index is 13.5. The van der Waals surface area contributed by atoms with Crippen LogP contribution in [0.15, 0.2) is 121 Å². The molecule has 67 heavy (non-hydrogen) atoms. The molecule has 2 fully saturated rings. The smallest absolute Gasteiger partial charge is 0.420 e. The molecule has 6 rings (SSSR count). The number of amides is 2. The average Bonchev–Trinajstić information content (AvgIpc) is 3.34. The van der Waals surface area contributed by atoms with Gasteiger partial charge in [0.25, 0.3) is 0 Å². The van der Waals surface area contributed by atoms with Crippen LogP contribution in [0.3, 0.4) is 0 Å². The minimum absolute atomic E-state index is 0. The van der Waals surface area contributed by atoms with Crippen molar-refractivity contribution in [2.45, 2.75) is 115 Å². The summed E-state index contributed by atoms with van der Waals surface area (Å²) < 4.78 is 58.5. The van der Waals surface area contributed by atoms with E-state index in [2.05, 4.69) is 5.73 Å². The van der Waals surface area contributed by atoms with Gasteiger partial charge in [-0.15, -0.1) is 0 Å². The maximum absolute atomic E-state index is 13.5. The van der Waals surface area contributed by atoms with Crippen LogP contribution >= 0.6 is 0 Å². The molecule has 4 aromatic rings. The van der Waals surface area contributed by atoms with Gasteiger partial charge in [0, 0.05) is 0 Å². The van der Waals surface area contributed by atoms with Crippen molar-refractivity contribution < 1.29 is 84.7 Å². The molecule has 2 heterocycles. The number of hydrogen-bond acceptors (Lipinski definition) is 14. The first kappa shape index (κ1) is 53.5. The molecule has 0 bridgehead atoms. The lowest BCUT2D eigenvalue weighted by Crippen LogP contribution is -3.00. The highest BCUT2D eigenvalue weighted by atomic mass is 35.5. The number of hydrogen-bond donors (Lipinski definition) is 1. The fraction of sp³-hybridized carbons (Fsp3) is 0.440. The number of esters is 2. The highest BCUT2D eigenvalue weighted by Gasteiger charge is 2.45. The molecule has 0 spiro atoms. The summed E-state index contributed by atoms with van der Waals surface area (Å²) in [7, 11) is 0. The van der Waals surface area contributed by atoms with Gasteiger partial charge in [0.05, 0.1) is 19.8 Å². The number of cyclic esters (lactones) is 2. The van der Waals surface area contributed by atoms with Gasteiger partial charge in [-0.1, -0.05) is 72.8 Å². The van der Waals surface area contributed by atoms with Crippen molar-refractivity contribution >= 4 is 24.1 Å². The Hall–Kier alpha value is -6.07. The van der Waals surface area contributed by atoms with Crippen LogP contribution in [0, 0.1) is 0 Å². The van der Waals surface area contributed by atoms with Gasteiger partial charge in [-0.3, -0.25) is 0 Å². The SMILES string of the molecule is C[C@@H]1OC(=O)[C@@H](N(C(=O)OC(C)(C)C)C(=O)OC(C)(C)C)COC[C@H](Oc2ccccc2)[C@H]1Oc1ccccc1.C[C@@H]1OC(=O)[C@@H]([NH3+])COC[C@H](Oc2ccccc2)[C@H]1Oc1ccccc1.[Cl-]. The molecule has 2 aliphatic heterocycles. The molecule has 0 aromatic heterocycles. The number of para-hydroxylation sites is 4. The average molecular weight is 952 g/mol. The van der Waals surface area contributed by atoms with Crippen LogP contribution < -0.4 is 37.1 Å². The zero-order valence-electron chi connectivity index (χ0n) is 39.2. The predicted molar refractivity (Wildman–Crippen MR) is 241 cm³/mol. The van der Waals surface area contributed by atoms with Crippen molar-refractivity contribution in [1.82, 2.24) is 4.90 Å². The minimum atomic E-state index is -1.49. The summed E-state index contributed by atoms with van der Waals surface area (Å²) in [5.74, 6) is 1.19. The normalized spacial score (nSPS) is 23.5. The van der Waals surface area contributed by atoms with Crippen molar-refractivity contribution in [2.24, 2.45) is 0 Å². The van der Waals surface area contributed by atoms with Crippen LogP contribution in [0.5, 0.6) is 23.0 Å². The van der Waals surface area contributed by atoms with Gasteiger partial charge in [0.15, 0.2) is 30.5 Å². The monoisotopic (exact) mass is 950 g/mol. The summed E-state index contributed by atoms with van der Waals surface area (Å²) in [4.78, 5) is 52.7. The quantitative estimate of drug-likeness (QED) is 0.188. The van der Waals surface area contributed by atoms with E-state index in [4.69, 9.17) is 47.4 Å². The van der Waals surface area contributed by atoms with Gasteiger partial charge in [-0.05, 0) is 104 Å². The van der Waals surface area contributed by atoms with E-state index in [0.717, 1.165) is 0 Å². The first-order valence-electron chi connectivity index (χ1n) is 21.9. The van der Waals surface area contributed by atoms with E-state index in [0.29, 0.717) is 27.9 Å². The molecule has 0 unspecified atom stereocenters. The predicted octanol–water partition coefficient (Wildman–Crippen LogP) is 3.84. The number of halogens is 1. The van der Waals surface area contributed by atoms with E-state index in [-0.39, 0.29) is 38.8 Å². The molecular weight excluding hydrogens is 888 g/mol. The molecular formula is C50H63ClN2O14. The lowest BCUT2D eigenvalue weighted by atomic mass is 10.1. The first-order valence-corrected chi connectivity index (χ1v) is 21.9. The zero-order valence-corrected chi connectivity index (χ0v) is 40.0. The zero-order chi connectivity index (χ0) is 47.9. The Kier molecular flexibility index (Phi) is 20.1.